The fourth-order valence-corrected chi connectivity index (χ4v) is 2.75. The highest BCUT2D eigenvalue weighted by Gasteiger charge is 2.07. The van der Waals surface area contributed by atoms with Crippen molar-refractivity contribution in [3.63, 3.8) is 0 Å². The molecule has 3 nitrogen and oxygen atoms in total. The summed E-state index contributed by atoms with van der Waals surface area (Å²) in [6, 6.07) is 13.4. The molecule has 0 aliphatic heterocycles. The molecule has 5 heteroatoms. The summed E-state index contributed by atoms with van der Waals surface area (Å²) in [5.41, 5.74) is 1.87. The molecule has 1 amide bonds. The summed E-state index contributed by atoms with van der Waals surface area (Å²) in [5, 5.41) is 2.81. The number of aryl methyl sites for hydroxylation is 1. The quantitative estimate of drug-likeness (QED) is 0.709. The van der Waals surface area contributed by atoms with Crippen LogP contribution in [0, 0.1) is 10.5 Å². The van der Waals surface area contributed by atoms with Crippen LogP contribution >= 0.6 is 38.5 Å². The van der Waals surface area contributed by atoms with E-state index in [1.165, 1.54) is 0 Å². The lowest BCUT2D eigenvalue weighted by molar-refractivity contribution is -0.118. The van der Waals surface area contributed by atoms with Crippen molar-refractivity contribution in [3.05, 3.63) is 56.1 Å². The van der Waals surface area contributed by atoms with Gasteiger partial charge in [0.2, 0.25) is 0 Å². The third-order valence-corrected chi connectivity index (χ3v) is 4.14. The number of para-hydroxylation sites is 1. The van der Waals surface area contributed by atoms with Crippen LogP contribution < -0.4 is 10.1 Å². The first-order valence-electron chi connectivity index (χ1n) is 5.99. The Morgan fingerprint density at radius 3 is 2.75 bits per heavy atom. The van der Waals surface area contributed by atoms with Crippen LogP contribution in [0.4, 0.5) is 5.69 Å². The molecule has 0 aromatic heterocycles. The highest BCUT2D eigenvalue weighted by molar-refractivity contribution is 14.1. The van der Waals surface area contributed by atoms with Gasteiger partial charge in [-0.1, -0.05) is 18.2 Å². The normalized spacial score (nSPS) is 10.2. The third kappa shape index (κ3) is 4.21. The van der Waals surface area contributed by atoms with E-state index in [4.69, 9.17) is 4.74 Å². The van der Waals surface area contributed by atoms with Gasteiger partial charge >= 0.3 is 0 Å². The monoisotopic (exact) mass is 445 g/mol. The van der Waals surface area contributed by atoms with Crippen molar-refractivity contribution in [2.45, 2.75) is 6.92 Å². The molecule has 1 N–H and O–H groups in total. The molecule has 0 heterocycles. The first kappa shape index (κ1) is 15.3. The first-order chi connectivity index (χ1) is 9.56. The third-order valence-electron chi connectivity index (χ3n) is 2.59. The summed E-state index contributed by atoms with van der Waals surface area (Å²) in [6.07, 6.45) is 0. The molecule has 0 spiro atoms. The van der Waals surface area contributed by atoms with Crippen molar-refractivity contribution >= 4 is 50.1 Å². The number of amides is 1. The molecule has 104 valence electrons. The number of ether oxygens (including phenoxy) is 1. The first-order valence-corrected chi connectivity index (χ1v) is 7.87. The molecule has 0 aliphatic carbocycles. The molecule has 2 aromatic carbocycles. The van der Waals surface area contributed by atoms with Gasteiger partial charge in [-0.05, 0) is 75.3 Å². The van der Waals surface area contributed by atoms with E-state index in [1.54, 1.807) is 0 Å². The number of rotatable bonds is 4. The number of carbonyl (C=O) groups is 1. The van der Waals surface area contributed by atoms with Gasteiger partial charge in [-0.2, -0.15) is 0 Å². The van der Waals surface area contributed by atoms with Gasteiger partial charge in [-0.25, -0.2) is 0 Å². The summed E-state index contributed by atoms with van der Waals surface area (Å²) in [7, 11) is 0. The van der Waals surface area contributed by atoms with E-state index in [2.05, 4.69) is 43.8 Å². The van der Waals surface area contributed by atoms with Gasteiger partial charge in [-0.3, -0.25) is 4.79 Å². The molecule has 2 rings (SSSR count). The maximum atomic E-state index is 11.9. The number of halogens is 2. The Labute approximate surface area is 140 Å². The Hall–Kier alpha value is -1.08. The lowest BCUT2D eigenvalue weighted by Gasteiger charge is -2.10. The molecule has 0 atom stereocenters. The second-order valence-electron chi connectivity index (χ2n) is 4.25. The van der Waals surface area contributed by atoms with E-state index in [0.29, 0.717) is 5.75 Å². The minimum absolute atomic E-state index is 0.0136. The van der Waals surface area contributed by atoms with E-state index in [-0.39, 0.29) is 12.5 Å². The fourth-order valence-electron chi connectivity index (χ4n) is 1.61. The molecule has 0 saturated carbocycles. The Kier molecular flexibility index (Phi) is 5.42. The van der Waals surface area contributed by atoms with Crippen molar-refractivity contribution in [1.29, 1.82) is 0 Å². The van der Waals surface area contributed by atoms with Crippen molar-refractivity contribution in [1.82, 2.24) is 0 Å². The average Bonchev–Trinajstić information content (AvgIpc) is 2.41. The van der Waals surface area contributed by atoms with Crippen LogP contribution in [0.2, 0.25) is 0 Å². The summed E-state index contributed by atoms with van der Waals surface area (Å²) in [5.74, 6) is 0.528. The maximum absolute atomic E-state index is 11.9. The van der Waals surface area contributed by atoms with Crippen molar-refractivity contribution in [2.24, 2.45) is 0 Å². The van der Waals surface area contributed by atoms with Crippen molar-refractivity contribution < 1.29 is 9.53 Å². The summed E-state index contributed by atoms with van der Waals surface area (Å²) in [4.78, 5) is 11.9. The average molecular weight is 446 g/mol. The Balaban J connectivity index is 1.94. The minimum Gasteiger partial charge on any atom is -0.483 e. The smallest absolute Gasteiger partial charge is 0.262 e. The predicted molar refractivity (Wildman–Crippen MR) is 92.2 cm³/mol. The second kappa shape index (κ2) is 7.08. The fraction of sp³-hybridized carbons (Fsp3) is 0.133. The van der Waals surface area contributed by atoms with Gasteiger partial charge in [0.25, 0.3) is 5.91 Å². The SMILES string of the molecule is Cc1ccc(NC(=O)COc2ccccc2I)c(Br)c1. The van der Waals surface area contributed by atoms with Gasteiger partial charge in [0.15, 0.2) is 6.61 Å². The van der Waals surface area contributed by atoms with Crippen LogP contribution in [0.3, 0.4) is 0 Å². The van der Waals surface area contributed by atoms with Crippen LogP contribution in [-0.2, 0) is 4.79 Å². The van der Waals surface area contributed by atoms with E-state index < -0.39 is 0 Å². The van der Waals surface area contributed by atoms with Crippen LogP contribution in [0.25, 0.3) is 0 Å². The van der Waals surface area contributed by atoms with Crippen LogP contribution in [0.1, 0.15) is 5.56 Å². The molecule has 0 fully saturated rings. The van der Waals surface area contributed by atoms with Gasteiger partial charge in [0, 0.05) is 4.47 Å². The van der Waals surface area contributed by atoms with E-state index >= 15 is 0 Å². The van der Waals surface area contributed by atoms with Crippen molar-refractivity contribution in [3.8, 4) is 5.75 Å². The lowest BCUT2D eigenvalue weighted by atomic mass is 10.2. The number of hydrogen-bond donors (Lipinski definition) is 1. The molecule has 0 aliphatic rings. The predicted octanol–water partition coefficient (Wildman–Crippen LogP) is 4.38. The minimum atomic E-state index is -0.186. The van der Waals surface area contributed by atoms with Gasteiger partial charge in [0.05, 0.1) is 9.26 Å². The molecule has 0 bridgehead atoms. The summed E-state index contributed by atoms with van der Waals surface area (Å²) in [6.45, 7) is 1.98. The number of benzene rings is 2. The van der Waals surface area contributed by atoms with Crippen LogP contribution in [0.15, 0.2) is 46.9 Å². The van der Waals surface area contributed by atoms with Gasteiger partial charge in [-0.15, -0.1) is 0 Å². The highest BCUT2D eigenvalue weighted by Crippen LogP contribution is 2.23. The standard InChI is InChI=1S/C15H13BrINO2/c1-10-6-7-13(11(16)8-10)18-15(19)9-20-14-5-3-2-4-12(14)17/h2-8H,9H2,1H3,(H,18,19). The summed E-state index contributed by atoms with van der Waals surface area (Å²) < 4.78 is 7.34. The second-order valence-corrected chi connectivity index (χ2v) is 6.27. The highest BCUT2D eigenvalue weighted by atomic mass is 127. The van der Waals surface area contributed by atoms with Gasteiger partial charge < -0.3 is 10.1 Å². The van der Waals surface area contributed by atoms with E-state index in [9.17, 15) is 4.79 Å². The topological polar surface area (TPSA) is 38.3 Å². The molecule has 0 saturated heterocycles. The zero-order valence-corrected chi connectivity index (χ0v) is 14.6. The number of carbonyl (C=O) groups excluding carboxylic acids is 1. The van der Waals surface area contributed by atoms with E-state index in [0.717, 1.165) is 19.3 Å². The molecular weight excluding hydrogens is 433 g/mol. The molecule has 20 heavy (non-hydrogen) atoms. The van der Waals surface area contributed by atoms with Gasteiger partial charge in [0.1, 0.15) is 5.75 Å². The summed E-state index contributed by atoms with van der Waals surface area (Å²) >= 11 is 5.60. The molecule has 0 unspecified atom stereocenters. The number of nitrogens with one attached hydrogen (secondary N) is 1. The van der Waals surface area contributed by atoms with Crippen molar-refractivity contribution in [2.75, 3.05) is 11.9 Å². The molecule has 0 radical (unpaired) electrons. The van der Waals surface area contributed by atoms with Crippen LogP contribution in [0.5, 0.6) is 5.75 Å². The zero-order valence-electron chi connectivity index (χ0n) is 10.8. The van der Waals surface area contributed by atoms with Crippen LogP contribution in [-0.4, -0.2) is 12.5 Å². The molecular formula is C15H13BrINO2. The molecule has 2 aromatic rings. The van der Waals surface area contributed by atoms with E-state index in [1.807, 2.05) is 49.4 Å². The maximum Gasteiger partial charge on any atom is 0.262 e. The largest absolute Gasteiger partial charge is 0.483 e. The lowest BCUT2D eigenvalue weighted by Crippen LogP contribution is -2.20. The number of anilines is 1. The zero-order chi connectivity index (χ0) is 14.5. The number of hydrogen-bond acceptors (Lipinski definition) is 2. The Morgan fingerprint density at radius 1 is 1.30 bits per heavy atom. The Bertz CT molecular complexity index is 631. The Morgan fingerprint density at radius 2 is 2.05 bits per heavy atom.